The first-order chi connectivity index (χ1) is 11.1. The van der Waals surface area contributed by atoms with E-state index in [1.165, 1.54) is 0 Å². The normalized spacial score (nSPS) is 25.2. The third kappa shape index (κ3) is 2.08. The summed E-state index contributed by atoms with van der Waals surface area (Å²) in [7, 11) is 0. The standard InChI is InChI=1S/C19H24N2O2/c1-14(20-12-6-7-13-20)21-17(22)15-8-2-3-9-16(15)19(18(21)23)10-4-5-11-19/h2-3,8-9,14H,4-7,10-13H2,1H3. The highest BCUT2D eigenvalue weighted by molar-refractivity contribution is 6.13. The predicted octanol–water partition coefficient (Wildman–Crippen LogP) is 2.92. The number of likely N-dealkylation sites (tertiary alicyclic amines) is 1. The van der Waals surface area contributed by atoms with Crippen LogP contribution in [0.4, 0.5) is 0 Å². The second-order valence-corrected chi connectivity index (χ2v) is 7.19. The molecule has 1 saturated carbocycles. The van der Waals surface area contributed by atoms with Crippen LogP contribution in [0.25, 0.3) is 0 Å². The smallest absolute Gasteiger partial charge is 0.262 e. The van der Waals surface area contributed by atoms with Crippen LogP contribution in [0.3, 0.4) is 0 Å². The number of fused-ring (bicyclic) bond motifs is 2. The molecule has 1 aromatic rings. The van der Waals surface area contributed by atoms with Gasteiger partial charge in [0.15, 0.2) is 0 Å². The van der Waals surface area contributed by atoms with Gasteiger partial charge in [0.25, 0.3) is 5.91 Å². The Bertz CT molecular complexity index is 643. The number of hydrogen-bond donors (Lipinski definition) is 0. The van der Waals surface area contributed by atoms with E-state index >= 15 is 0 Å². The van der Waals surface area contributed by atoms with Crippen LogP contribution < -0.4 is 0 Å². The van der Waals surface area contributed by atoms with Crippen LogP contribution in [0, 0.1) is 0 Å². The van der Waals surface area contributed by atoms with Gasteiger partial charge in [-0.05, 0) is 44.2 Å². The maximum absolute atomic E-state index is 13.4. The van der Waals surface area contributed by atoms with Gasteiger partial charge < -0.3 is 0 Å². The molecule has 2 amide bonds. The summed E-state index contributed by atoms with van der Waals surface area (Å²) >= 11 is 0. The Hall–Kier alpha value is -1.68. The molecule has 1 aromatic carbocycles. The van der Waals surface area contributed by atoms with Crippen molar-refractivity contribution in [1.82, 2.24) is 9.80 Å². The van der Waals surface area contributed by atoms with Gasteiger partial charge in [-0.25, -0.2) is 0 Å². The fraction of sp³-hybridized carbons (Fsp3) is 0.579. The number of benzene rings is 1. The molecule has 1 saturated heterocycles. The van der Waals surface area contributed by atoms with Crippen LogP contribution in [0.5, 0.6) is 0 Å². The van der Waals surface area contributed by atoms with E-state index in [1.54, 1.807) is 4.90 Å². The molecule has 0 N–H and O–H groups in total. The minimum Gasteiger partial charge on any atom is -0.283 e. The van der Waals surface area contributed by atoms with E-state index in [1.807, 2.05) is 31.2 Å². The molecule has 3 aliphatic rings. The molecule has 2 heterocycles. The number of carbonyl (C=O) groups excluding carboxylic acids is 2. The minimum absolute atomic E-state index is 0.0399. The summed E-state index contributed by atoms with van der Waals surface area (Å²) in [5.74, 6) is -0.0689. The molecule has 0 bridgehead atoms. The van der Waals surface area contributed by atoms with Gasteiger partial charge in [0.1, 0.15) is 0 Å². The summed E-state index contributed by atoms with van der Waals surface area (Å²) < 4.78 is 0. The van der Waals surface area contributed by atoms with Crippen LogP contribution in [-0.2, 0) is 10.2 Å². The number of amides is 2. The highest BCUT2D eigenvalue weighted by Crippen LogP contribution is 2.47. The van der Waals surface area contributed by atoms with Gasteiger partial charge in [0.2, 0.25) is 5.91 Å². The topological polar surface area (TPSA) is 40.6 Å². The zero-order valence-electron chi connectivity index (χ0n) is 13.8. The largest absolute Gasteiger partial charge is 0.283 e. The molecule has 4 nitrogen and oxygen atoms in total. The molecule has 2 fully saturated rings. The molecule has 0 aromatic heterocycles. The lowest BCUT2D eigenvalue weighted by Gasteiger charge is -2.44. The summed E-state index contributed by atoms with van der Waals surface area (Å²) in [5, 5.41) is 0. The highest BCUT2D eigenvalue weighted by atomic mass is 16.2. The van der Waals surface area contributed by atoms with Crippen molar-refractivity contribution in [3.8, 4) is 0 Å². The first kappa shape index (κ1) is 14.9. The Labute approximate surface area is 137 Å². The third-order valence-corrected chi connectivity index (χ3v) is 6.02. The first-order valence-corrected chi connectivity index (χ1v) is 8.87. The summed E-state index contributed by atoms with van der Waals surface area (Å²) in [5.41, 5.74) is 1.25. The van der Waals surface area contributed by atoms with E-state index in [4.69, 9.17) is 0 Å². The number of rotatable bonds is 2. The van der Waals surface area contributed by atoms with Crippen molar-refractivity contribution in [3.05, 3.63) is 35.4 Å². The Morgan fingerprint density at radius 1 is 1.00 bits per heavy atom. The lowest BCUT2D eigenvalue weighted by molar-refractivity contribution is -0.140. The van der Waals surface area contributed by atoms with Crippen LogP contribution in [0.15, 0.2) is 24.3 Å². The van der Waals surface area contributed by atoms with Gasteiger partial charge in [-0.1, -0.05) is 31.0 Å². The second-order valence-electron chi connectivity index (χ2n) is 7.19. The Morgan fingerprint density at radius 2 is 1.65 bits per heavy atom. The van der Waals surface area contributed by atoms with Gasteiger partial charge in [0, 0.05) is 18.7 Å². The fourth-order valence-electron chi connectivity index (χ4n) is 4.73. The summed E-state index contributed by atoms with van der Waals surface area (Å²) in [6.07, 6.45) is 6.06. The van der Waals surface area contributed by atoms with E-state index < -0.39 is 5.41 Å². The molecule has 1 aliphatic carbocycles. The van der Waals surface area contributed by atoms with E-state index in [2.05, 4.69) is 4.90 Å². The van der Waals surface area contributed by atoms with E-state index in [0.717, 1.165) is 62.7 Å². The molecule has 1 atom stereocenters. The number of hydrogen-bond acceptors (Lipinski definition) is 3. The lowest BCUT2D eigenvalue weighted by Crippen LogP contribution is -2.60. The average Bonchev–Trinajstić information content (AvgIpc) is 3.26. The van der Waals surface area contributed by atoms with Crippen LogP contribution in [-0.4, -0.2) is 40.9 Å². The first-order valence-electron chi connectivity index (χ1n) is 8.87. The van der Waals surface area contributed by atoms with E-state index in [9.17, 15) is 9.59 Å². The molecule has 122 valence electrons. The molecular weight excluding hydrogens is 288 g/mol. The molecule has 2 aliphatic heterocycles. The quantitative estimate of drug-likeness (QED) is 0.788. The predicted molar refractivity (Wildman–Crippen MR) is 88.0 cm³/mol. The van der Waals surface area contributed by atoms with Crippen molar-refractivity contribution < 1.29 is 9.59 Å². The van der Waals surface area contributed by atoms with Gasteiger partial charge in [-0.2, -0.15) is 0 Å². The highest BCUT2D eigenvalue weighted by Gasteiger charge is 2.53. The molecule has 23 heavy (non-hydrogen) atoms. The van der Waals surface area contributed by atoms with Crippen molar-refractivity contribution in [2.75, 3.05) is 13.1 Å². The Balaban J connectivity index is 1.80. The van der Waals surface area contributed by atoms with Crippen LogP contribution >= 0.6 is 0 Å². The maximum atomic E-state index is 13.4. The molecule has 1 spiro atoms. The minimum atomic E-state index is -0.460. The molecule has 0 radical (unpaired) electrons. The molecule has 4 rings (SSSR count). The van der Waals surface area contributed by atoms with Crippen molar-refractivity contribution in [1.29, 1.82) is 0 Å². The summed E-state index contributed by atoms with van der Waals surface area (Å²) in [6.45, 7) is 3.97. The Kier molecular flexibility index (Phi) is 3.52. The number of nitrogens with zero attached hydrogens (tertiary/aromatic N) is 2. The average molecular weight is 312 g/mol. The molecule has 1 unspecified atom stereocenters. The second kappa shape index (κ2) is 5.45. The van der Waals surface area contributed by atoms with E-state index in [-0.39, 0.29) is 18.0 Å². The zero-order valence-corrected chi connectivity index (χ0v) is 13.8. The van der Waals surface area contributed by atoms with Crippen LogP contribution in [0.2, 0.25) is 0 Å². The van der Waals surface area contributed by atoms with Gasteiger partial charge in [-0.3, -0.25) is 19.4 Å². The number of imide groups is 1. The maximum Gasteiger partial charge on any atom is 0.262 e. The Morgan fingerprint density at radius 3 is 2.35 bits per heavy atom. The monoisotopic (exact) mass is 312 g/mol. The van der Waals surface area contributed by atoms with Gasteiger partial charge in [-0.15, -0.1) is 0 Å². The summed E-state index contributed by atoms with van der Waals surface area (Å²) in [6, 6.07) is 7.76. The zero-order chi connectivity index (χ0) is 16.0. The van der Waals surface area contributed by atoms with Crippen molar-refractivity contribution in [2.45, 2.75) is 57.0 Å². The lowest BCUT2D eigenvalue weighted by atomic mass is 9.72. The van der Waals surface area contributed by atoms with Crippen molar-refractivity contribution >= 4 is 11.8 Å². The van der Waals surface area contributed by atoms with Gasteiger partial charge >= 0.3 is 0 Å². The number of carbonyl (C=O) groups is 2. The van der Waals surface area contributed by atoms with E-state index in [0.29, 0.717) is 0 Å². The molecular formula is C19H24N2O2. The third-order valence-electron chi connectivity index (χ3n) is 6.02. The van der Waals surface area contributed by atoms with Crippen LogP contribution in [0.1, 0.15) is 61.4 Å². The molecule has 4 heteroatoms. The van der Waals surface area contributed by atoms with Gasteiger partial charge in [0.05, 0.1) is 11.6 Å². The SMILES string of the molecule is CC(N1CCCC1)N1C(=O)c2ccccc2C2(CCCC2)C1=O. The van der Waals surface area contributed by atoms with Crippen molar-refractivity contribution in [3.63, 3.8) is 0 Å². The fourth-order valence-corrected chi connectivity index (χ4v) is 4.73. The summed E-state index contributed by atoms with van der Waals surface area (Å²) in [4.78, 5) is 30.3. The van der Waals surface area contributed by atoms with Crippen molar-refractivity contribution in [2.24, 2.45) is 0 Å².